The summed E-state index contributed by atoms with van der Waals surface area (Å²) in [6, 6.07) is 8.81. The summed E-state index contributed by atoms with van der Waals surface area (Å²) >= 11 is 0. The van der Waals surface area contributed by atoms with Gasteiger partial charge in [-0.3, -0.25) is 0 Å². The molecule has 2 N–H and O–H groups in total. The Kier molecular flexibility index (Phi) is 5.52. The summed E-state index contributed by atoms with van der Waals surface area (Å²) in [7, 11) is 0. The van der Waals surface area contributed by atoms with E-state index in [2.05, 4.69) is 0 Å². The minimum atomic E-state index is -1.67. The van der Waals surface area contributed by atoms with Crippen LogP contribution in [0.3, 0.4) is 0 Å². The minimum absolute atomic E-state index is 0. The van der Waals surface area contributed by atoms with Crippen LogP contribution < -0.4 is 0 Å². The fourth-order valence-electron chi connectivity index (χ4n) is 0.909. The number of benzene rings is 1. The van der Waals surface area contributed by atoms with Gasteiger partial charge in [-0.2, -0.15) is 0 Å². The number of aliphatic hydroxyl groups is 2. The molecule has 0 saturated heterocycles. The summed E-state index contributed by atoms with van der Waals surface area (Å²) in [5.74, 6) is -1.67. The molecule has 0 saturated carbocycles. The van der Waals surface area contributed by atoms with Crippen LogP contribution in [0.2, 0.25) is 0 Å². The van der Waals surface area contributed by atoms with E-state index in [1.54, 1.807) is 31.2 Å². The quantitative estimate of drug-likeness (QED) is 0.805. The Balaban J connectivity index is 0.00000121. The van der Waals surface area contributed by atoms with E-state index in [-0.39, 0.29) is 41.7 Å². The third kappa shape index (κ3) is 3.10. The molecular weight excluding hydrogens is 280 g/mol. The van der Waals surface area contributed by atoms with Crippen molar-refractivity contribution in [2.24, 2.45) is 0 Å². The van der Waals surface area contributed by atoms with Crippen molar-refractivity contribution in [2.75, 3.05) is 0 Å². The Morgan fingerprint density at radius 1 is 1.17 bits per heavy atom. The molecule has 64 valence electrons. The standard InChI is InChI=1S/C9H12O2.Ce/c1-2-9(10,11)8-6-4-3-5-7-8;/h3-7,10-11H,2H2,1H3;. The first kappa shape index (κ1) is 12.5. The van der Waals surface area contributed by atoms with Crippen molar-refractivity contribution in [3.63, 3.8) is 0 Å². The van der Waals surface area contributed by atoms with Crippen molar-refractivity contribution in [1.29, 1.82) is 0 Å². The second-order valence-electron chi connectivity index (χ2n) is 2.54. The molecule has 0 radical (unpaired) electrons. The van der Waals surface area contributed by atoms with Gasteiger partial charge in [0.2, 0.25) is 0 Å². The molecule has 0 aliphatic heterocycles. The first-order valence-electron chi connectivity index (χ1n) is 3.67. The van der Waals surface area contributed by atoms with Crippen molar-refractivity contribution in [3.05, 3.63) is 35.9 Å². The van der Waals surface area contributed by atoms with E-state index in [1.165, 1.54) is 0 Å². The summed E-state index contributed by atoms with van der Waals surface area (Å²) in [6.45, 7) is 1.73. The maximum absolute atomic E-state index is 9.35. The van der Waals surface area contributed by atoms with Crippen LogP contribution in [0.1, 0.15) is 18.9 Å². The second-order valence-corrected chi connectivity index (χ2v) is 2.54. The molecule has 1 rings (SSSR count). The average molecular weight is 292 g/mol. The fraction of sp³-hybridized carbons (Fsp3) is 0.333. The van der Waals surface area contributed by atoms with Gasteiger partial charge in [0, 0.05) is 53.7 Å². The molecule has 0 amide bonds. The topological polar surface area (TPSA) is 40.5 Å². The predicted octanol–water partition coefficient (Wildman–Crippen LogP) is 1.23. The SMILES string of the molecule is CCC(O)(O)c1ccccc1.[Ce]. The van der Waals surface area contributed by atoms with Gasteiger partial charge in [-0.1, -0.05) is 37.3 Å². The molecule has 0 heterocycles. The number of rotatable bonds is 2. The molecule has 0 atom stereocenters. The molecular formula is C9H12CeO2. The van der Waals surface area contributed by atoms with E-state index < -0.39 is 5.79 Å². The van der Waals surface area contributed by atoms with Gasteiger partial charge in [0.25, 0.3) is 0 Å². The maximum Gasteiger partial charge on any atom is 0.189 e. The average Bonchev–Trinajstić information content (AvgIpc) is 2.06. The number of hydrogen-bond donors (Lipinski definition) is 2. The molecule has 12 heavy (non-hydrogen) atoms. The van der Waals surface area contributed by atoms with Crippen molar-refractivity contribution >= 4 is 0 Å². The molecule has 0 fully saturated rings. The van der Waals surface area contributed by atoms with Gasteiger partial charge < -0.3 is 10.2 Å². The summed E-state index contributed by atoms with van der Waals surface area (Å²) in [4.78, 5) is 0. The summed E-state index contributed by atoms with van der Waals surface area (Å²) < 4.78 is 0. The third-order valence-electron chi connectivity index (χ3n) is 1.73. The van der Waals surface area contributed by atoms with Gasteiger partial charge in [-0.25, -0.2) is 0 Å². The Morgan fingerprint density at radius 2 is 1.67 bits per heavy atom. The van der Waals surface area contributed by atoms with Gasteiger partial charge >= 0.3 is 0 Å². The Bertz CT molecular complexity index is 221. The van der Waals surface area contributed by atoms with Crippen molar-refractivity contribution in [2.45, 2.75) is 19.1 Å². The zero-order valence-corrected chi connectivity index (χ0v) is 10.1. The van der Waals surface area contributed by atoms with Crippen molar-refractivity contribution in [1.82, 2.24) is 0 Å². The molecule has 0 aliphatic carbocycles. The first-order valence-corrected chi connectivity index (χ1v) is 3.67. The maximum atomic E-state index is 9.35. The van der Waals surface area contributed by atoms with Crippen molar-refractivity contribution < 1.29 is 52.0 Å². The largest absolute Gasteiger partial charge is 0.362 e. The molecule has 0 bridgehead atoms. The van der Waals surface area contributed by atoms with Crippen LogP contribution >= 0.6 is 0 Å². The smallest absolute Gasteiger partial charge is 0.189 e. The van der Waals surface area contributed by atoms with Crippen LogP contribution in [0.5, 0.6) is 0 Å². The normalized spacial score (nSPS) is 10.6. The molecule has 0 unspecified atom stereocenters. The van der Waals surface area contributed by atoms with Crippen LogP contribution in [-0.2, 0) is 5.79 Å². The molecule has 2 nitrogen and oxygen atoms in total. The van der Waals surface area contributed by atoms with Gasteiger partial charge in [-0.15, -0.1) is 0 Å². The Hall–Kier alpha value is 0.517. The van der Waals surface area contributed by atoms with E-state index >= 15 is 0 Å². The molecule has 3 heteroatoms. The van der Waals surface area contributed by atoms with E-state index in [9.17, 15) is 10.2 Å². The summed E-state index contributed by atoms with van der Waals surface area (Å²) in [5.41, 5.74) is 0.544. The summed E-state index contributed by atoms with van der Waals surface area (Å²) in [6.07, 6.45) is 0.303. The van der Waals surface area contributed by atoms with E-state index in [1.807, 2.05) is 6.07 Å². The molecule has 0 spiro atoms. The second kappa shape index (κ2) is 5.29. The molecule has 0 aromatic heterocycles. The van der Waals surface area contributed by atoms with Gasteiger partial charge in [0.05, 0.1) is 0 Å². The number of hydrogen-bond acceptors (Lipinski definition) is 2. The molecule has 1 aromatic rings. The van der Waals surface area contributed by atoms with Crippen LogP contribution in [0.4, 0.5) is 0 Å². The minimum Gasteiger partial charge on any atom is -0.362 e. The first-order chi connectivity index (χ1) is 5.17. The van der Waals surface area contributed by atoms with Crippen LogP contribution in [0, 0.1) is 41.7 Å². The van der Waals surface area contributed by atoms with Crippen molar-refractivity contribution in [3.8, 4) is 0 Å². The van der Waals surface area contributed by atoms with E-state index in [0.717, 1.165) is 0 Å². The van der Waals surface area contributed by atoms with E-state index in [4.69, 9.17) is 0 Å². The zero-order chi connectivity index (χ0) is 8.32. The van der Waals surface area contributed by atoms with Crippen LogP contribution in [0.15, 0.2) is 30.3 Å². The van der Waals surface area contributed by atoms with Gasteiger partial charge in [0.15, 0.2) is 5.79 Å². The fourth-order valence-corrected chi connectivity index (χ4v) is 0.909. The Morgan fingerprint density at radius 3 is 2.08 bits per heavy atom. The molecule has 0 aliphatic rings. The zero-order valence-electron chi connectivity index (χ0n) is 6.99. The van der Waals surface area contributed by atoms with Gasteiger partial charge in [-0.05, 0) is 0 Å². The Labute approximate surface area is 106 Å². The van der Waals surface area contributed by atoms with Crippen LogP contribution in [0.25, 0.3) is 0 Å². The summed E-state index contributed by atoms with van der Waals surface area (Å²) in [5, 5.41) is 18.7. The molecule has 1 aromatic carbocycles. The third-order valence-corrected chi connectivity index (χ3v) is 1.73. The van der Waals surface area contributed by atoms with Crippen LogP contribution in [-0.4, -0.2) is 10.2 Å². The monoisotopic (exact) mass is 292 g/mol. The predicted molar refractivity (Wildman–Crippen MR) is 42.8 cm³/mol. The van der Waals surface area contributed by atoms with E-state index in [0.29, 0.717) is 12.0 Å². The van der Waals surface area contributed by atoms with Gasteiger partial charge in [0.1, 0.15) is 0 Å².